The van der Waals surface area contributed by atoms with Crippen LogP contribution >= 0.6 is 0 Å². The number of ether oxygens (including phenoxy) is 1. The predicted octanol–water partition coefficient (Wildman–Crippen LogP) is 0.299. The summed E-state index contributed by atoms with van der Waals surface area (Å²) >= 11 is 0. The minimum Gasteiger partial charge on any atom is -0.392 e. The molecule has 13 heavy (non-hydrogen) atoms. The zero-order valence-corrected chi connectivity index (χ0v) is 8.54. The van der Waals surface area contributed by atoms with Crippen molar-refractivity contribution in [3.63, 3.8) is 0 Å². The van der Waals surface area contributed by atoms with Crippen LogP contribution in [-0.2, 0) is 9.53 Å². The van der Waals surface area contributed by atoms with Gasteiger partial charge in [-0.2, -0.15) is 0 Å². The van der Waals surface area contributed by atoms with Gasteiger partial charge in [-0.15, -0.1) is 0 Å². The Morgan fingerprint density at radius 3 is 2.62 bits per heavy atom. The van der Waals surface area contributed by atoms with E-state index in [-0.39, 0.29) is 12.0 Å². The van der Waals surface area contributed by atoms with Crippen molar-refractivity contribution in [2.45, 2.75) is 38.9 Å². The molecule has 0 rings (SSSR count). The van der Waals surface area contributed by atoms with Crippen LogP contribution in [-0.4, -0.2) is 36.9 Å². The lowest BCUT2D eigenvalue weighted by molar-refractivity contribution is -0.122. The van der Waals surface area contributed by atoms with E-state index in [9.17, 15) is 4.79 Å². The van der Waals surface area contributed by atoms with Gasteiger partial charge in [-0.05, 0) is 20.3 Å². The van der Waals surface area contributed by atoms with Gasteiger partial charge in [0.15, 0.2) is 0 Å². The second kappa shape index (κ2) is 6.86. The van der Waals surface area contributed by atoms with Crippen LogP contribution < -0.4 is 5.32 Å². The summed E-state index contributed by atoms with van der Waals surface area (Å²) in [6.07, 6.45) is 0.783. The number of hydrogen-bond donors (Lipinski definition) is 2. The first kappa shape index (κ1) is 12.4. The summed E-state index contributed by atoms with van der Waals surface area (Å²) in [6, 6.07) is 0. The highest BCUT2D eigenvalue weighted by Crippen LogP contribution is 1.99. The fourth-order valence-corrected chi connectivity index (χ4v) is 0.802. The van der Waals surface area contributed by atoms with Crippen LogP contribution in [0.15, 0.2) is 0 Å². The van der Waals surface area contributed by atoms with E-state index in [1.54, 1.807) is 14.0 Å². The number of aliphatic hydroxyl groups excluding tert-OH is 1. The van der Waals surface area contributed by atoms with Crippen molar-refractivity contribution in [3.8, 4) is 0 Å². The van der Waals surface area contributed by atoms with E-state index in [1.807, 2.05) is 6.92 Å². The lowest BCUT2D eigenvalue weighted by atomic mass is 10.2. The van der Waals surface area contributed by atoms with Crippen LogP contribution in [0.25, 0.3) is 0 Å². The topological polar surface area (TPSA) is 58.6 Å². The van der Waals surface area contributed by atoms with E-state index >= 15 is 0 Å². The van der Waals surface area contributed by atoms with Gasteiger partial charge in [-0.1, -0.05) is 0 Å². The summed E-state index contributed by atoms with van der Waals surface area (Å²) in [5.41, 5.74) is 0. The molecule has 0 aromatic carbocycles. The lowest BCUT2D eigenvalue weighted by Crippen LogP contribution is -2.30. The molecule has 78 valence electrons. The molecule has 0 aromatic heterocycles. The number of aliphatic hydroxyl groups is 1. The summed E-state index contributed by atoms with van der Waals surface area (Å²) in [4.78, 5) is 11.1. The molecule has 0 heterocycles. The highest BCUT2D eigenvalue weighted by Gasteiger charge is 2.05. The summed E-state index contributed by atoms with van der Waals surface area (Å²) < 4.78 is 5.00. The van der Waals surface area contributed by atoms with E-state index in [0.29, 0.717) is 19.4 Å². The van der Waals surface area contributed by atoms with Gasteiger partial charge in [0.25, 0.3) is 0 Å². The van der Waals surface area contributed by atoms with E-state index in [2.05, 4.69) is 5.32 Å². The molecule has 0 spiro atoms. The van der Waals surface area contributed by atoms with Crippen molar-refractivity contribution in [2.24, 2.45) is 0 Å². The molecule has 0 bridgehead atoms. The first-order valence-corrected chi connectivity index (χ1v) is 4.53. The van der Waals surface area contributed by atoms with Crippen LogP contribution in [0.2, 0.25) is 0 Å². The number of methoxy groups -OCH3 is 1. The molecule has 1 unspecified atom stereocenters. The average molecular weight is 189 g/mol. The summed E-state index contributed by atoms with van der Waals surface area (Å²) in [7, 11) is 1.62. The number of nitrogens with one attached hydrogen (secondary N) is 1. The number of carbonyl (C=O) groups is 1. The van der Waals surface area contributed by atoms with Crippen molar-refractivity contribution in [1.29, 1.82) is 0 Å². The second-order valence-electron chi connectivity index (χ2n) is 3.24. The molecule has 0 saturated carbocycles. The third-order valence-electron chi connectivity index (χ3n) is 1.77. The Kier molecular flexibility index (Phi) is 6.54. The minimum atomic E-state index is -0.483. The smallest absolute Gasteiger partial charge is 0.220 e. The summed E-state index contributed by atoms with van der Waals surface area (Å²) in [5.74, 6) is -0.0372. The Labute approximate surface area is 79.3 Å². The second-order valence-corrected chi connectivity index (χ2v) is 3.24. The van der Waals surface area contributed by atoms with Crippen LogP contribution in [0, 0.1) is 0 Å². The molecule has 1 amide bonds. The maximum absolute atomic E-state index is 11.1. The number of carbonyl (C=O) groups excluding carboxylic acids is 1. The van der Waals surface area contributed by atoms with Crippen molar-refractivity contribution < 1.29 is 14.6 Å². The Bertz CT molecular complexity index is 148. The largest absolute Gasteiger partial charge is 0.392 e. The maximum atomic E-state index is 11.1. The Morgan fingerprint density at radius 2 is 2.15 bits per heavy atom. The molecule has 0 radical (unpaired) electrons. The Balaban J connectivity index is 3.40. The normalized spacial score (nSPS) is 15.1. The first-order chi connectivity index (χ1) is 6.06. The quantitative estimate of drug-likeness (QED) is 0.631. The number of amides is 1. The molecule has 0 fully saturated rings. The number of hydrogen-bond acceptors (Lipinski definition) is 3. The van der Waals surface area contributed by atoms with Crippen molar-refractivity contribution in [1.82, 2.24) is 5.32 Å². The third kappa shape index (κ3) is 7.74. The van der Waals surface area contributed by atoms with E-state index in [0.717, 1.165) is 0 Å². The molecule has 0 aromatic rings. The SMILES string of the molecule is COC(C)CCC(=O)NC[C@H](C)O. The molecule has 0 saturated heterocycles. The molecule has 0 aliphatic rings. The molecular formula is C9H19NO3. The molecule has 4 nitrogen and oxygen atoms in total. The van der Waals surface area contributed by atoms with Gasteiger partial charge in [0.1, 0.15) is 0 Å². The molecule has 0 aliphatic heterocycles. The Morgan fingerprint density at radius 1 is 1.54 bits per heavy atom. The van der Waals surface area contributed by atoms with Gasteiger partial charge in [0, 0.05) is 20.1 Å². The molecule has 2 N–H and O–H groups in total. The molecule has 4 heteroatoms. The van der Waals surface area contributed by atoms with E-state index in [1.165, 1.54) is 0 Å². The van der Waals surface area contributed by atoms with Gasteiger partial charge < -0.3 is 15.2 Å². The zero-order valence-electron chi connectivity index (χ0n) is 8.54. The van der Waals surface area contributed by atoms with Gasteiger partial charge in [0.2, 0.25) is 5.91 Å². The lowest BCUT2D eigenvalue weighted by Gasteiger charge is -2.10. The average Bonchev–Trinajstić information content (AvgIpc) is 2.10. The van der Waals surface area contributed by atoms with Crippen molar-refractivity contribution >= 4 is 5.91 Å². The Hall–Kier alpha value is -0.610. The van der Waals surface area contributed by atoms with Crippen LogP contribution in [0.1, 0.15) is 26.7 Å². The van der Waals surface area contributed by atoms with Crippen LogP contribution in [0.3, 0.4) is 0 Å². The fraction of sp³-hybridized carbons (Fsp3) is 0.889. The first-order valence-electron chi connectivity index (χ1n) is 4.53. The summed E-state index contributed by atoms with van der Waals surface area (Å²) in [5, 5.41) is 11.5. The monoisotopic (exact) mass is 189 g/mol. The number of rotatable bonds is 6. The molecule has 2 atom stereocenters. The van der Waals surface area contributed by atoms with Crippen molar-refractivity contribution in [3.05, 3.63) is 0 Å². The zero-order chi connectivity index (χ0) is 10.3. The van der Waals surface area contributed by atoms with Gasteiger partial charge in [-0.3, -0.25) is 4.79 Å². The van der Waals surface area contributed by atoms with E-state index < -0.39 is 6.10 Å². The standard InChI is InChI=1S/C9H19NO3/c1-7(11)6-10-9(12)5-4-8(2)13-3/h7-8,11H,4-6H2,1-3H3,(H,10,12)/t7-,8?/m0/s1. The predicted molar refractivity (Wildman–Crippen MR) is 50.4 cm³/mol. The third-order valence-corrected chi connectivity index (χ3v) is 1.77. The van der Waals surface area contributed by atoms with Gasteiger partial charge in [-0.25, -0.2) is 0 Å². The highest BCUT2D eigenvalue weighted by atomic mass is 16.5. The summed E-state index contributed by atoms with van der Waals surface area (Å²) in [6.45, 7) is 3.88. The van der Waals surface area contributed by atoms with Crippen LogP contribution in [0.4, 0.5) is 0 Å². The maximum Gasteiger partial charge on any atom is 0.220 e. The fourth-order valence-electron chi connectivity index (χ4n) is 0.802. The molecular weight excluding hydrogens is 170 g/mol. The van der Waals surface area contributed by atoms with Crippen molar-refractivity contribution in [2.75, 3.05) is 13.7 Å². The van der Waals surface area contributed by atoms with E-state index in [4.69, 9.17) is 9.84 Å². The molecule has 0 aliphatic carbocycles. The minimum absolute atomic E-state index is 0.0372. The highest BCUT2D eigenvalue weighted by molar-refractivity contribution is 5.75. The van der Waals surface area contributed by atoms with Gasteiger partial charge in [0.05, 0.1) is 12.2 Å². The van der Waals surface area contributed by atoms with Gasteiger partial charge >= 0.3 is 0 Å². The van der Waals surface area contributed by atoms with Crippen LogP contribution in [0.5, 0.6) is 0 Å².